The summed E-state index contributed by atoms with van der Waals surface area (Å²) in [6.07, 6.45) is 4.47. The maximum atomic E-state index is 13.4. The molecule has 0 aliphatic carbocycles. The van der Waals surface area contributed by atoms with E-state index in [-0.39, 0.29) is 47.9 Å². The first-order chi connectivity index (χ1) is 34.2. The number of piperazine rings is 1. The number of likely N-dealkylation sites (N-methyl/N-ethyl adjacent to an activating group) is 1. The van der Waals surface area contributed by atoms with Gasteiger partial charge >= 0.3 is 0 Å². The van der Waals surface area contributed by atoms with E-state index < -0.39 is 29.4 Å². The molecule has 3 aromatic heterocycles. The van der Waals surface area contributed by atoms with Crippen molar-refractivity contribution in [2.45, 2.75) is 57.7 Å². The number of allylic oxidation sites excluding steroid dienone is 1. The molecule has 5 aromatic rings. The maximum Gasteiger partial charge on any atom is 0.278 e. The summed E-state index contributed by atoms with van der Waals surface area (Å²) in [6, 6.07) is 17.2. The Morgan fingerprint density at radius 2 is 1.63 bits per heavy atom. The van der Waals surface area contributed by atoms with Crippen LogP contribution in [0.2, 0.25) is 0 Å². The number of carbonyl (C=O) groups excluding carboxylic acids is 5. The average Bonchev–Trinajstić information content (AvgIpc) is 3.78. The number of rotatable bonds is 22. The molecule has 1 atom stereocenters. The fourth-order valence-corrected chi connectivity index (χ4v) is 8.87. The predicted molar refractivity (Wildman–Crippen MR) is 265 cm³/mol. The quantitative estimate of drug-likeness (QED) is 0.0443. The third kappa shape index (κ3) is 11.3. The minimum atomic E-state index is -1.19. The zero-order chi connectivity index (χ0) is 50.2. The van der Waals surface area contributed by atoms with E-state index in [0.29, 0.717) is 80.1 Å². The summed E-state index contributed by atoms with van der Waals surface area (Å²) in [5.74, 6) is -1.31. The number of nitrogens with zero attached hydrogens (tertiary/aromatic N) is 9. The molecule has 2 saturated heterocycles. The van der Waals surface area contributed by atoms with Crippen molar-refractivity contribution in [2.24, 2.45) is 0 Å². The van der Waals surface area contributed by atoms with Crippen molar-refractivity contribution in [3.05, 3.63) is 107 Å². The van der Waals surface area contributed by atoms with Crippen molar-refractivity contribution in [3.8, 4) is 5.82 Å². The second-order valence-corrected chi connectivity index (χ2v) is 18.0. The Hall–Kier alpha value is -7.33. The number of anilines is 4. The third-order valence-electron chi connectivity index (χ3n) is 12.7. The van der Waals surface area contributed by atoms with Crippen molar-refractivity contribution in [3.63, 3.8) is 0 Å². The van der Waals surface area contributed by atoms with E-state index in [9.17, 15) is 33.9 Å². The molecule has 374 valence electrons. The van der Waals surface area contributed by atoms with Crippen molar-refractivity contribution in [1.82, 2.24) is 44.3 Å². The number of piperidine rings is 1. The first-order valence-corrected chi connectivity index (χ1v) is 23.8. The van der Waals surface area contributed by atoms with E-state index in [4.69, 9.17) is 14.5 Å². The number of fused-ring (bicyclic) bond motifs is 2. The van der Waals surface area contributed by atoms with Gasteiger partial charge in [-0.2, -0.15) is 4.98 Å². The van der Waals surface area contributed by atoms with Crippen LogP contribution in [-0.2, 0) is 36.0 Å². The van der Waals surface area contributed by atoms with Crippen LogP contribution in [0.3, 0.4) is 0 Å². The lowest BCUT2D eigenvalue weighted by Crippen LogP contribution is -2.54. The molecule has 1 unspecified atom stereocenters. The molecular weight excluding hydrogens is 913 g/mol. The summed E-state index contributed by atoms with van der Waals surface area (Å²) in [5.41, 5.74) is 2.09. The van der Waals surface area contributed by atoms with Crippen LogP contribution < -0.4 is 26.4 Å². The molecule has 4 N–H and O–H groups in total. The van der Waals surface area contributed by atoms with Gasteiger partial charge in [-0.25, -0.2) is 19.3 Å². The van der Waals surface area contributed by atoms with Crippen molar-refractivity contribution < 1.29 is 38.6 Å². The van der Waals surface area contributed by atoms with Crippen LogP contribution in [0, 0.1) is 0 Å². The molecule has 2 aromatic carbocycles. The number of hydrogen-bond acceptors (Lipinski definition) is 16. The van der Waals surface area contributed by atoms with Gasteiger partial charge in [0, 0.05) is 82.4 Å². The van der Waals surface area contributed by atoms with Crippen LogP contribution in [0.5, 0.6) is 0 Å². The predicted octanol–water partition coefficient (Wildman–Crippen LogP) is 3.04. The highest BCUT2D eigenvalue weighted by atomic mass is 16.5. The van der Waals surface area contributed by atoms with Crippen LogP contribution in [0.25, 0.3) is 16.9 Å². The molecule has 71 heavy (non-hydrogen) atoms. The first kappa shape index (κ1) is 50.1. The lowest BCUT2D eigenvalue weighted by molar-refractivity contribution is -0.149. The number of benzene rings is 2. The zero-order valence-electron chi connectivity index (χ0n) is 40.3. The number of aromatic nitrogens is 5. The van der Waals surface area contributed by atoms with Gasteiger partial charge in [-0.15, -0.1) is 6.58 Å². The van der Waals surface area contributed by atoms with Crippen LogP contribution >= 0.6 is 0 Å². The minimum absolute atomic E-state index is 0.0218. The van der Waals surface area contributed by atoms with Crippen LogP contribution in [-0.4, -0.2) is 159 Å². The maximum absolute atomic E-state index is 13.4. The van der Waals surface area contributed by atoms with Gasteiger partial charge in [-0.3, -0.25) is 43.5 Å². The van der Waals surface area contributed by atoms with Gasteiger partial charge in [0.2, 0.25) is 17.8 Å². The summed E-state index contributed by atoms with van der Waals surface area (Å²) in [6.45, 7) is 13.7. The molecule has 0 radical (unpaired) electrons. The molecule has 0 bridgehead atoms. The molecule has 2 fully saturated rings. The standard InChI is InChI=1S/C50H60N12O9/c1-5-22-60-45(65)36-32-53-49(56-44(36)62(60)40-12-7-11-39(55-40)50(2,3)69)54-33-14-16-34(17-15-33)59-26-24-58(25-27-59)23-8-13-41(63)52-21-29-71-31-30-70-28-20-51-37-10-6-9-35-43(37)48(68)61(46(35)66)38-18-19-42(64)57(4)47(38)67/h5-7,9-12,14-17,32,38,51,69H,1,8,13,18-31H2,2-4H3,(H,52,63)(H,53,54,56). The van der Waals surface area contributed by atoms with Crippen LogP contribution in [0.1, 0.15) is 65.9 Å². The first-order valence-electron chi connectivity index (χ1n) is 23.8. The van der Waals surface area contributed by atoms with Crippen molar-refractivity contribution in [2.75, 3.05) is 94.8 Å². The smallest absolute Gasteiger partial charge is 0.278 e. The fraction of sp³-hybridized carbons (Fsp3) is 0.420. The van der Waals surface area contributed by atoms with Gasteiger partial charge in [0.25, 0.3) is 23.3 Å². The van der Waals surface area contributed by atoms with Crippen LogP contribution in [0.4, 0.5) is 23.0 Å². The number of aliphatic hydroxyl groups is 1. The minimum Gasteiger partial charge on any atom is -0.384 e. The highest BCUT2D eigenvalue weighted by Crippen LogP contribution is 2.33. The molecule has 6 heterocycles. The Labute approximate surface area is 410 Å². The number of nitrogens with one attached hydrogen (secondary N) is 3. The highest BCUT2D eigenvalue weighted by molar-refractivity contribution is 6.25. The van der Waals surface area contributed by atoms with Crippen LogP contribution in [0.15, 0.2) is 84.3 Å². The van der Waals surface area contributed by atoms with E-state index >= 15 is 0 Å². The number of likely N-dealkylation sites (tertiary alicyclic amines) is 1. The van der Waals surface area contributed by atoms with Gasteiger partial charge < -0.3 is 35.4 Å². The van der Waals surface area contributed by atoms with E-state index in [2.05, 4.69) is 54.4 Å². The second-order valence-electron chi connectivity index (χ2n) is 18.0. The molecule has 0 saturated carbocycles. The summed E-state index contributed by atoms with van der Waals surface area (Å²) < 4.78 is 14.4. The summed E-state index contributed by atoms with van der Waals surface area (Å²) in [7, 11) is 1.36. The topological polar surface area (TPSA) is 239 Å². The van der Waals surface area contributed by atoms with Gasteiger partial charge in [0.1, 0.15) is 17.0 Å². The number of hydrogen-bond donors (Lipinski definition) is 4. The third-order valence-corrected chi connectivity index (χ3v) is 12.7. The SMILES string of the molecule is C=CCn1c(=O)c2cnc(Nc3ccc(N4CCN(CCCC(=O)NCCOCCOCCNc5cccc6c5C(=O)N(C5CCC(=O)N(C)C5=O)C6=O)CC4)cc3)nc2n1-c1cccc(C(C)(C)O)n1. The van der Waals surface area contributed by atoms with Crippen molar-refractivity contribution in [1.29, 1.82) is 0 Å². The number of ether oxygens (including phenoxy) is 2. The van der Waals surface area contributed by atoms with Crippen molar-refractivity contribution >= 4 is 63.6 Å². The highest BCUT2D eigenvalue weighted by Gasteiger charge is 2.47. The van der Waals surface area contributed by atoms with E-state index in [0.717, 1.165) is 60.3 Å². The normalized spacial score (nSPS) is 16.5. The Morgan fingerprint density at radius 1 is 0.901 bits per heavy atom. The monoisotopic (exact) mass is 972 g/mol. The fourth-order valence-electron chi connectivity index (χ4n) is 8.87. The molecule has 0 spiro atoms. The Bertz CT molecular complexity index is 2850. The molecule has 3 aliphatic heterocycles. The molecule has 21 nitrogen and oxygen atoms in total. The number of carbonyl (C=O) groups is 5. The second kappa shape index (κ2) is 22.2. The lowest BCUT2D eigenvalue weighted by atomic mass is 10.0. The number of imide groups is 2. The van der Waals surface area contributed by atoms with Gasteiger partial charge in [-0.05, 0) is 81.8 Å². The number of pyridine rings is 1. The summed E-state index contributed by atoms with van der Waals surface area (Å²) in [4.78, 5) is 97.6. The molecule has 8 rings (SSSR count). The van der Waals surface area contributed by atoms with Gasteiger partial charge in [0.15, 0.2) is 11.5 Å². The van der Waals surface area contributed by atoms with E-state index in [1.807, 2.05) is 12.1 Å². The molecule has 3 aliphatic rings. The number of amides is 5. The van der Waals surface area contributed by atoms with E-state index in [1.165, 1.54) is 17.9 Å². The van der Waals surface area contributed by atoms with E-state index in [1.54, 1.807) is 61.0 Å². The van der Waals surface area contributed by atoms with Gasteiger partial charge in [-0.1, -0.05) is 18.2 Å². The average molecular weight is 973 g/mol. The Kier molecular flexibility index (Phi) is 15.6. The molecular formula is C50H60N12O9. The lowest BCUT2D eigenvalue weighted by Gasteiger charge is -2.36. The molecule has 21 heteroatoms. The van der Waals surface area contributed by atoms with Gasteiger partial charge in [0.05, 0.1) is 49.8 Å². The Balaban J connectivity index is 0.692. The molecule has 5 amide bonds. The summed E-state index contributed by atoms with van der Waals surface area (Å²) >= 11 is 0. The summed E-state index contributed by atoms with van der Waals surface area (Å²) in [5, 5.41) is 20.3. The zero-order valence-corrected chi connectivity index (χ0v) is 40.3. The largest absolute Gasteiger partial charge is 0.384 e. The Morgan fingerprint density at radius 3 is 2.37 bits per heavy atom.